The number of halogens is 1. The molecule has 2 N–H and O–H groups in total. The van der Waals surface area contributed by atoms with Gasteiger partial charge in [-0.15, -0.1) is 0 Å². The molecule has 0 aliphatic carbocycles. The summed E-state index contributed by atoms with van der Waals surface area (Å²) in [5.41, 5.74) is 1.09. The Kier molecular flexibility index (Phi) is 7.46. The van der Waals surface area contributed by atoms with Crippen LogP contribution < -0.4 is 10.0 Å². The van der Waals surface area contributed by atoms with E-state index in [1.807, 2.05) is 0 Å². The number of ether oxygens (including phenoxy) is 1. The van der Waals surface area contributed by atoms with Crippen LogP contribution in [-0.2, 0) is 26.1 Å². The Bertz CT molecular complexity index is 975. The van der Waals surface area contributed by atoms with E-state index >= 15 is 0 Å². The highest BCUT2D eigenvalue weighted by atomic mass is 32.2. The number of nitrogens with one attached hydrogen (secondary N) is 2. The molecule has 0 spiro atoms. The molecule has 2 aromatic rings. The van der Waals surface area contributed by atoms with Crippen LogP contribution in [0.25, 0.3) is 0 Å². The second kappa shape index (κ2) is 9.62. The van der Waals surface area contributed by atoms with Crippen molar-refractivity contribution >= 4 is 21.9 Å². The minimum absolute atomic E-state index is 0.130. The zero-order valence-corrected chi connectivity index (χ0v) is 17.1. The number of benzene rings is 2. The lowest BCUT2D eigenvalue weighted by Gasteiger charge is -2.22. The summed E-state index contributed by atoms with van der Waals surface area (Å²) in [6.07, 6.45) is 0. The lowest BCUT2D eigenvalue weighted by atomic mass is 10.0. The van der Waals surface area contributed by atoms with Gasteiger partial charge in [0.25, 0.3) is 0 Å². The summed E-state index contributed by atoms with van der Waals surface area (Å²) in [5.74, 6) is -2.29. The molecule has 2 rings (SSSR count). The predicted molar refractivity (Wildman–Crippen MR) is 105 cm³/mol. The largest absolute Gasteiger partial charge is 0.465 e. The minimum Gasteiger partial charge on any atom is -0.465 e. The number of methoxy groups -OCH3 is 1. The molecule has 1 atom stereocenters. The predicted octanol–water partition coefficient (Wildman–Crippen LogP) is 2.23. The van der Waals surface area contributed by atoms with E-state index in [2.05, 4.69) is 14.8 Å². The molecule has 0 fully saturated rings. The molecule has 0 saturated carbocycles. The Morgan fingerprint density at radius 1 is 1.07 bits per heavy atom. The van der Waals surface area contributed by atoms with E-state index in [9.17, 15) is 22.4 Å². The maximum absolute atomic E-state index is 13.9. The summed E-state index contributed by atoms with van der Waals surface area (Å²) >= 11 is 0. The highest BCUT2D eigenvalue weighted by Gasteiger charge is 2.29. The van der Waals surface area contributed by atoms with Crippen LogP contribution in [0.3, 0.4) is 0 Å². The number of hydrogen-bond donors (Lipinski definition) is 2. The topological polar surface area (TPSA) is 102 Å². The zero-order chi connectivity index (χ0) is 21.6. The number of sulfonamides is 1. The van der Waals surface area contributed by atoms with Crippen molar-refractivity contribution in [2.75, 3.05) is 7.11 Å². The van der Waals surface area contributed by atoms with Gasteiger partial charge in [0.2, 0.25) is 15.9 Å². The summed E-state index contributed by atoms with van der Waals surface area (Å²) in [4.78, 5) is 23.5. The van der Waals surface area contributed by atoms with Crippen LogP contribution in [-0.4, -0.2) is 33.4 Å². The van der Waals surface area contributed by atoms with Gasteiger partial charge >= 0.3 is 5.97 Å². The molecule has 0 radical (unpaired) electrons. The summed E-state index contributed by atoms with van der Waals surface area (Å²) in [6.45, 7) is 3.49. The average Bonchev–Trinajstić information content (AvgIpc) is 2.70. The maximum atomic E-state index is 13.9. The van der Waals surface area contributed by atoms with Crippen LogP contribution in [0.2, 0.25) is 0 Å². The Balaban J connectivity index is 2.08. The van der Waals surface area contributed by atoms with Gasteiger partial charge in [-0.1, -0.05) is 38.1 Å². The van der Waals surface area contributed by atoms with Gasteiger partial charge < -0.3 is 10.1 Å². The number of carbonyl (C=O) groups excluding carboxylic acids is 2. The van der Waals surface area contributed by atoms with Crippen molar-refractivity contribution in [3.63, 3.8) is 0 Å². The molecule has 29 heavy (non-hydrogen) atoms. The lowest BCUT2D eigenvalue weighted by molar-refractivity contribution is -0.123. The van der Waals surface area contributed by atoms with Crippen LogP contribution in [0, 0.1) is 11.7 Å². The van der Waals surface area contributed by atoms with Gasteiger partial charge in [0.1, 0.15) is 16.8 Å². The van der Waals surface area contributed by atoms with E-state index in [-0.39, 0.29) is 12.5 Å². The number of carbonyl (C=O) groups is 2. The van der Waals surface area contributed by atoms with Crippen LogP contribution >= 0.6 is 0 Å². The van der Waals surface area contributed by atoms with E-state index in [0.29, 0.717) is 11.1 Å². The van der Waals surface area contributed by atoms with Crippen molar-refractivity contribution in [3.8, 4) is 0 Å². The quantitative estimate of drug-likeness (QED) is 0.636. The standard InChI is InChI=1S/C20H23FN2O5S/c1-13(2)18(23-29(26,27)17-7-5-4-6-16(17)21)19(24)22-12-14-8-10-15(11-9-14)20(25)28-3/h4-11,13,18,23H,12H2,1-3H3,(H,22,24)/t18-/m0/s1. The summed E-state index contributed by atoms with van der Waals surface area (Å²) in [6, 6.07) is 10.3. The fourth-order valence-electron chi connectivity index (χ4n) is 2.56. The van der Waals surface area contributed by atoms with E-state index < -0.39 is 38.7 Å². The van der Waals surface area contributed by atoms with E-state index in [1.54, 1.807) is 38.1 Å². The molecule has 9 heteroatoms. The molecule has 0 aliphatic heterocycles. The van der Waals surface area contributed by atoms with Crippen molar-refractivity contribution in [1.82, 2.24) is 10.0 Å². The van der Waals surface area contributed by atoms with E-state index in [0.717, 1.165) is 12.1 Å². The van der Waals surface area contributed by atoms with Gasteiger partial charge in [0.15, 0.2) is 0 Å². The maximum Gasteiger partial charge on any atom is 0.337 e. The summed E-state index contributed by atoms with van der Waals surface area (Å²) in [5, 5.41) is 2.66. The Morgan fingerprint density at radius 3 is 2.24 bits per heavy atom. The Labute approximate surface area is 169 Å². The van der Waals surface area contributed by atoms with Crippen LogP contribution in [0.4, 0.5) is 4.39 Å². The molecule has 156 valence electrons. The van der Waals surface area contributed by atoms with E-state index in [4.69, 9.17) is 0 Å². The van der Waals surface area contributed by atoms with Gasteiger partial charge in [-0.2, -0.15) is 4.72 Å². The summed E-state index contributed by atoms with van der Waals surface area (Å²) in [7, 11) is -2.94. The van der Waals surface area contributed by atoms with Crippen molar-refractivity contribution in [2.45, 2.75) is 31.3 Å². The van der Waals surface area contributed by atoms with Crippen molar-refractivity contribution < 1.29 is 27.1 Å². The van der Waals surface area contributed by atoms with Gasteiger partial charge in [0.05, 0.1) is 12.7 Å². The lowest BCUT2D eigenvalue weighted by Crippen LogP contribution is -2.49. The molecule has 0 saturated heterocycles. The fraction of sp³-hybridized carbons (Fsp3) is 0.300. The zero-order valence-electron chi connectivity index (χ0n) is 16.3. The minimum atomic E-state index is -4.22. The first-order chi connectivity index (χ1) is 13.7. The monoisotopic (exact) mass is 422 g/mol. The second-order valence-electron chi connectivity index (χ2n) is 6.68. The van der Waals surface area contributed by atoms with Crippen LogP contribution in [0.5, 0.6) is 0 Å². The van der Waals surface area contributed by atoms with Crippen molar-refractivity contribution in [2.24, 2.45) is 5.92 Å². The molecule has 7 nitrogen and oxygen atoms in total. The number of hydrogen-bond acceptors (Lipinski definition) is 5. The van der Waals surface area contributed by atoms with Crippen LogP contribution in [0.1, 0.15) is 29.8 Å². The molecule has 2 aromatic carbocycles. The smallest absolute Gasteiger partial charge is 0.337 e. The van der Waals surface area contributed by atoms with Crippen molar-refractivity contribution in [1.29, 1.82) is 0 Å². The molecule has 0 heterocycles. The van der Waals surface area contributed by atoms with Crippen molar-refractivity contribution in [3.05, 3.63) is 65.5 Å². The highest BCUT2D eigenvalue weighted by Crippen LogP contribution is 2.15. The summed E-state index contributed by atoms with van der Waals surface area (Å²) < 4.78 is 45.8. The molecule has 0 aromatic heterocycles. The van der Waals surface area contributed by atoms with Gasteiger partial charge in [-0.05, 0) is 35.7 Å². The first-order valence-electron chi connectivity index (χ1n) is 8.87. The molecule has 0 bridgehead atoms. The normalized spacial score (nSPS) is 12.4. The third kappa shape index (κ3) is 5.85. The first kappa shape index (κ1) is 22.5. The van der Waals surface area contributed by atoms with Gasteiger partial charge in [-0.25, -0.2) is 17.6 Å². The van der Waals surface area contributed by atoms with Gasteiger partial charge in [0, 0.05) is 6.54 Å². The van der Waals surface area contributed by atoms with Crippen LogP contribution in [0.15, 0.2) is 53.4 Å². The molecular weight excluding hydrogens is 399 g/mol. The fourth-order valence-corrected chi connectivity index (χ4v) is 3.98. The third-order valence-electron chi connectivity index (χ3n) is 4.20. The number of rotatable bonds is 8. The highest BCUT2D eigenvalue weighted by molar-refractivity contribution is 7.89. The molecule has 0 unspecified atom stereocenters. The third-order valence-corrected chi connectivity index (χ3v) is 5.67. The van der Waals surface area contributed by atoms with E-state index in [1.165, 1.54) is 19.2 Å². The number of esters is 1. The molecule has 1 amide bonds. The molecular formula is C20H23FN2O5S. The Hall–Kier alpha value is -2.78. The second-order valence-corrected chi connectivity index (χ2v) is 8.36. The Morgan fingerprint density at radius 2 is 1.69 bits per heavy atom. The molecule has 0 aliphatic rings. The number of amides is 1. The SMILES string of the molecule is COC(=O)c1ccc(CNC(=O)[C@@H](NS(=O)(=O)c2ccccc2F)C(C)C)cc1. The first-order valence-corrected chi connectivity index (χ1v) is 10.4. The average molecular weight is 422 g/mol. The van der Waals surface area contributed by atoms with Gasteiger partial charge in [-0.3, -0.25) is 4.79 Å².